The molecule has 0 spiro atoms. The maximum Gasteiger partial charge on any atom is 0.341 e. The van der Waals surface area contributed by atoms with Gasteiger partial charge in [-0.3, -0.25) is 4.79 Å². The molecule has 4 aromatic rings. The molecule has 2 heterocycles. The lowest BCUT2D eigenvalue weighted by atomic mass is 9.62. The van der Waals surface area contributed by atoms with Crippen molar-refractivity contribution in [3.05, 3.63) is 118 Å². The molecule has 2 aliphatic rings. The lowest BCUT2D eigenvalue weighted by Gasteiger charge is -2.42. The fourth-order valence-corrected chi connectivity index (χ4v) is 6.21. The summed E-state index contributed by atoms with van der Waals surface area (Å²) in [4.78, 5) is 39.9. The second-order valence-electron chi connectivity index (χ2n) is 12.0. The fourth-order valence-electron chi connectivity index (χ4n) is 6.21. The van der Waals surface area contributed by atoms with Gasteiger partial charge in [0, 0.05) is 60.6 Å². The lowest BCUT2D eigenvalue weighted by molar-refractivity contribution is 0.0525. The molecule has 0 radical (unpaired) electrons. The molecule has 0 aliphatic heterocycles. The van der Waals surface area contributed by atoms with E-state index in [1.165, 1.54) is 49.1 Å². The number of rotatable bonds is 10. The van der Waals surface area contributed by atoms with Crippen LogP contribution in [0.5, 0.6) is 0 Å². The van der Waals surface area contributed by atoms with Gasteiger partial charge in [0.05, 0.1) is 24.3 Å². The second kappa shape index (κ2) is 14.5. The van der Waals surface area contributed by atoms with Crippen LogP contribution in [-0.2, 0) is 28.4 Å². The van der Waals surface area contributed by atoms with E-state index in [0.717, 1.165) is 50.7 Å². The van der Waals surface area contributed by atoms with E-state index in [-0.39, 0.29) is 24.5 Å². The Kier molecular flexibility index (Phi) is 10.4. The Balaban J connectivity index is 0.000000185. The van der Waals surface area contributed by atoms with Gasteiger partial charge in [0.1, 0.15) is 34.9 Å². The van der Waals surface area contributed by atoms with E-state index < -0.39 is 40.1 Å². The summed E-state index contributed by atoms with van der Waals surface area (Å²) in [5.74, 6) is -1.83. The summed E-state index contributed by atoms with van der Waals surface area (Å²) < 4.78 is 59.5. The number of carbonyl (C=O) groups is 2. The first kappa shape index (κ1) is 33.8. The summed E-state index contributed by atoms with van der Waals surface area (Å²) >= 11 is 0. The van der Waals surface area contributed by atoms with Gasteiger partial charge in [-0.05, 0) is 55.9 Å². The molecule has 6 rings (SSSR count). The molecular weight excluding hydrogens is 614 g/mol. The number of hydrogen-bond acceptors (Lipinski definition) is 8. The molecule has 0 unspecified atom stereocenters. The Hall–Kier alpha value is -4.58. The first-order valence-corrected chi connectivity index (χ1v) is 15.5. The van der Waals surface area contributed by atoms with Gasteiger partial charge in [0.2, 0.25) is 0 Å². The summed E-state index contributed by atoms with van der Waals surface area (Å²) in [6.45, 7) is 1.92. The highest BCUT2D eigenvalue weighted by Crippen LogP contribution is 2.47. The third-order valence-corrected chi connectivity index (χ3v) is 9.05. The summed E-state index contributed by atoms with van der Waals surface area (Å²) in [5, 5.41) is 0. The zero-order valence-electron chi connectivity index (χ0n) is 25.9. The molecule has 0 bridgehead atoms. The van der Waals surface area contributed by atoms with Crippen molar-refractivity contribution in [2.45, 2.75) is 69.1 Å². The number of Topliss-reactive ketones (excluding diaryl/α,β-unsaturated/α-hetero) is 1. The SMILES string of the molecule is CCOC(=O)c1cnc(CC2(c3ccc(F)cc3F)CCC2)nc1.NCC(=O)c1cnc(CC2(c3ccc(F)cc3F)CCC2)nc1. The Bertz CT molecular complexity index is 1730. The average Bonchev–Trinajstić information content (AvgIpc) is 3.02. The van der Waals surface area contributed by atoms with Crippen molar-refractivity contribution in [1.82, 2.24) is 19.9 Å². The van der Waals surface area contributed by atoms with Gasteiger partial charge in [-0.25, -0.2) is 42.3 Å². The number of halogens is 4. The van der Waals surface area contributed by atoms with E-state index in [1.807, 2.05) is 0 Å². The Morgan fingerprint density at radius 2 is 1.15 bits per heavy atom. The van der Waals surface area contributed by atoms with Crippen LogP contribution < -0.4 is 5.73 Å². The third-order valence-electron chi connectivity index (χ3n) is 9.05. The Morgan fingerprint density at radius 3 is 1.49 bits per heavy atom. The third kappa shape index (κ3) is 7.54. The summed E-state index contributed by atoms with van der Waals surface area (Å²) in [6.07, 6.45) is 11.9. The second-order valence-corrected chi connectivity index (χ2v) is 12.0. The molecule has 0 amide bonds. The monoisotopic (exact) mass is 649 g/mol. The minimum absolute atomic E-state index is 0.0898. The van der Waals surface area contributed by atoms with Gasteiger partial charge in [-0.1, -0.05) is 25.0 Å². The molecule has 12 heteroatoms. The van der Waals surface area contributed by atoms with Crippen molar-refractivity contribution in [2.24, 2.45) is 5.73 Å². The zero-order chi connectivity index (χ0) is 33.6. The molecule has 2 saturated carbocycles. The standard InChI is InChI=1S/C18H18F2N2O2.C17H17F2N3O/c1-2-24-17(23)12-10-21-16(22-11-12)9-18(6-3-7-18)14-5-4-13(19)8-15(14)20;18-12-2-3-13(14(19)6-12)17(4-1-5-17)7-16-21-9-11(10-22-16)15(23)8-20/h4-5,8,10-11H,2-3,6-7,9H2,1H3;2-3,6,9-10H,1,4-5,7-8,20H2. The molecule has 2 aliphatic carbocycles. The molecule has 2 N–H and O–H groups in total. The van der Waals surface area contributed by atoms with Crippen molar-refractivity contribution in [1.29, 1.82) is 0 Å². The predicted octanol–water partition coefficient (Wildman–Crippen LogP) is 6.16. The van der Waals surface area contributed by atoms with Gasteiger partial charge >= 0.3 is 5.97 Å². The largest absolute Gasteiger partial charge is 0.462 e. The molecule has 8 nitrogen and oxygen atoms in total. The van der Waals surface area contributed by atoms with Gasteiger partial charge in [0.15, 0.2) is 5.78 Å². The normalized spacial score (nSPS) is 15.8. The highest BCUT2D eigenvalue weighted by Gasteiger charge is 2.42. The number of nitrogens with zero attached hydrogens (tertiary/aromatic N) is 4. The minimum atomic E-state index is -0.583. The van der Waals surface area contributed by atoms with Crippen molar-refractivity contribution in [3.8, 4) is 0 Å². The quantitative estimate of drug-likeness (QED) is 0.123. The minimum Gasteiger partial charge on any atom is -0.462 e. The number of hydrogen-bond donors (Lipinski definition) is 1. The van der Waals surface area contributed by atoms with Crippen molar-refractivity contribution in [3.63, 3.8) is 0 Å². The van der Waals surface area contributed by atoms with Gasteiger partial charge in [-0.15, -0.1) is 0 Å². The van der Waals surface area contributed by atoms with Crippen LogP contribution in [0.4, 0.5) is 17.6 Å². The Morgan fingerprint density at radius 1 is 0.723 bits per heavy atom. The van der Waals surface area contributed by atoms with Crippen LogP contribution in [0.25, 0.3) is 0 Å². The number of ketones is 1. The number of benzene rings is 2. The number of carbonyl (C=O) groups excluding carboxylic acids is 2. The van der Waals surface area contributed by atoms with Crippen LogP contribution in [0.15, 0.2) is 61.2 Å². The fraction of sp³-hybridized carbons (Fsp3) is 0.371. The number of ether oxygens (including phenoxy) is 1. The van der Waals surface area contributed by atoms with Crippen LogP contribution in [-0.4, -0.2) is 44.8 Å². The highest BCUT2D eigenvalue weighted by atomic mass is 19.1. The first-order valence-electron chi connectivity index (χ1n) is 15.5. The molecule has 2 aromatic heterocycles. The van der Waals surface area contributed by atoms with Crippen LogP contribution >= 0.6 is 0 Å². The predicted molar refractivity (Wildman–Crippen MR) is 165 cm³/mol. The maximum absolute atomic E-state index is 14.2. The smallest absolute Gasteiger partial charge is 0.341 e. The number of aromatic nitrogens is 4. The number of esters is 1. The molecule has 2 aromatic carbocycles. The van der Waals surface area contributed by atoms with Crippen molar-refractivity contribution in [2.75, 3.05) is 13.2 Å². The molecule has 47 heavy (non-hydrogen) atoms. The van der Waals surface area contributed by atoms with Crippen molar-refractivity contribution < 1.29 is 31.9 Å². The molecule has 246 valence electrons. The van der Waals surface area contributed by atoms with E-state index in [0.29, 0.717) is 41.2 Å². The van der Waals surface area contributed by atoms with E-state index in [2.05, 4.69) is 19.9 Å². The molecule has 2 fully saturated rings. The Labute approximate surface area is 269 Å². The van der Waals surface area contributed by atoms with E-state index in [9.17, 15) is 27.2 Å². The summed E-state index contributed by atoms with van der Waals surface area (Å²) in [6, 6.07) is 7.41. The highest BCUT2D eigenvalue weighted by molar-refractivity contribution is 5.96. The van der Waals surface area contributed by atoms with Crippen LogP contribution in [0.3, 0.4) is 0 Å². The average molecular weight is 650 g/mol. The van der Waals surface area contributed by atoms with Gasteiger partial charge in [-0.2, -0.15) is 0 Å². The van der Waals surface area contributed by atoms with E-state index >= 15 is 0 Å². The van der Waals surface area contributed by atoms with Gasteiger partial charge < -0.3 is 10.5 Å². The molecule has 0 atom stereocenters. The maximum atomic E-state index is 14.2. The zero-order valence-corrected chi connectivity index (χ0v) is 25.9. The molecular formula is C35H35F4N5O3. The van der Waals surface area contributed by atoms with Crippen molar-refractivity contribution >= 4 is 11.8 Å². The summed E-state index contributed by atoms with van der Waals surface area (Å²) in [5.41, 5.74) is 6.18. The summed E-state index contributed by atoms with van der Waals surface area (Å²) in [7, 11) is 0. The first-order chi connectivity index (χ1) is 22.6. The van der Waals surface area contributed by atoms with Crippen LogP contribution in [0.1, 0.15) is 88.9 Å². The van der Waals surface area contributed by atoms with Gasteiger partial charge in [0.25, 0.3) is 0 Å². The van der Waals surface area contributed by atoms with E-state index in [4.69, 9.17) is 10.5 Å². The number of nitrogens with two attached hydrogens (primary N) is 1. The molecule has 0 saturated heterocycles. The van der Waals surface area contributed by atoms with Crippen LogP contribution in [0.2, 0.25) is 0 Å². The lowest BCUT2D eigenvalue weighted by Crippen LogP contribution is -2.38. The van der Waals surface area contributed by atoms with E-state index in [1.54, 1.807) is 6.92 Å². The van der Waals surface area contributed by atoms with Crippen LogP contribution in [0, 0.1) is 23.3 Å². The topological polar surface area (TPSA) is 121 Å².